The molecule has 0 unspecified atom stereocenters. The molecule has 0 aromatic heterocycles. The summed E-state index contributed by atoms with van der Waals surface area (Å²) >= 11 is 0. The van der Waals surface area contributed by atoms with Crippen molar-refractivity contribution in [1.82, 2.24) is 15.1 Å². The van der Waals surface area contributed by atoms with E-state index in [0.717, 1.165) is 44.8 Å². The van der Waals surface area contributed by atoms with Gasteiger partial charge in [-0.3, -0.25) is 14.5 Å². The van der Waals surface area contributed by atoms with Crippen molar-refractivity contribution in [2.75, 3.05) is 66.7 Å². The lowest BCUT2D eigenvalue weighted by Crippen LogP contribution is -2.39. The van der Waals surface area contributed by atoms with Gasteiger partial charge in [-0.25, -0.2) is 0 Å². The molecule has 2 fully saturated rings. The topological polar surface area (TPSA) is 80.3 Å². The Morgan fingerprint density at radius 3 is 2.67 bits per heavy atom. The van der Waals surface area contributed by atoms with Crippen molar-refractivity contribution < 1.29 is 23.8 Å². The summed E-state index contributed by atoms with van der Waals surface area (Å²) in [6, 6.07) is 5.77. The highest BCUT2D eigenvalue weighted by Crippen LogP contribution is 2.28. The molecule has 2 saturated heterocycles. The minimum absolute atomic E-state index is 0.0149. The molecule has 2 heterocycles. The largest absolute Gasteiger partial charge is 0.493 e. The first-order valence-electron chi connectivity index (χ1n) is 10.7. The Hall–Kier alpha value is -2.32. The van der Waals surface area contributed by atoms with Gasteiger partial charge in [0.25, 0.3) is 0 Å². The van der Waals surface area contributed by atoms with E-state index < -0.39 is 0 Å². The first kappa shape index (κ1) is 22.4. The molecule has 0 aliphatic carbocycles. The number of carbonyl (C=O) groups is 2. The van der Waals surface area contributed by atoms with Gasteiger partial charge in [0.2, 0.25) is 11.8 Å². The van der Waals surface area contributed by atoms with Gasteiger partial charge >= 0.3 is 0 Å². The lowest BCUT2D eigenvalue weighted by atomic mass is 10.1. The molecule has 2 amide bonds. The van der Waals surface area contributed by atoms with Gasteiger partial charge in [0, 0.05) is 39.1 Å². The highest BCUT2D eigenvalue weighted by molar-refractivity contribution is 5.89. The van der Waals surface area contributed by atoms with Crippen LogP contribution in [0.2, 0.25) is 0 Å². The predicted octanol–water partition coefficient (Wildman–Crippen LogP) is 0.933. The molecule has 166 valence electrons. The van der Waals surface area contributed by atoms with Crippen molar-refractivity contribution in [3.63, 3.8) is 0 Å². The first-order chi connectivity index (χ1) is 14.6. The summed E-state index contributed by atoms with van der Waals surface area (Å²) in [7, 11) is 3.21. The van der Waals surface area contributed by atoms with E-state index in [1.165, 1.54) is 0 Å². The fraction of sp³-hybridized carbons (Fsp3) is 0.636. The summed E-state index contributed by atoms with van der Waals surface area (Å²) in [5.41, 5.74) is 1.07. The van der Waals surface area contributed by atoms with Crippen molar-refractivity contribution >= 4 is 11.8 Å². The van der Waals surface area contributed by atoms with Gasteiger partial charge in [-0.05, 0) is 37.1 Å². The number of amides is 2. The lowest BCUT2D eigenvalue weighted by molar-refractivity contribution is -0.129. The Bertz CT molecular complexity index is 721. The second kappa shape index (κ2) is 11.2. The van der Waals surface area contributed by atoms with Gasteiger partial charge in [-0.1, -0.05) is 6.07 Å². The molecule has 0 bridgehead atoms. The number of morpholine rings is 1. The summed E-state index contributed by atoms with van der Waals surface area (Å²) in [5, 5.41) is 3.00. The van der Waals surface area contributed by atoms with Crippen LogP contribution in [0.25, 0.3) is 0 Å². The minimum Gasteiger partial charge on any atom is -0.493 e. The van der Waals surface area contributed by atoms with Crippen LogP contribution in [-0.4, -0.2) is 88.3 Å². The van der Waals surface area contributed by atoms with Crippen LogP contribution in [0.4, 0.5) is 0 Å². The van der Waals surface area contributed by atoms with Crippen LogP contribution in [-0.2, 0) is 20.7 Å². The maximum absolute atomic E-state index is 12.5. The van der Waals surface area contributed by atoms with E-state index in [2.05, 4.69) is 10.2 Å². The first-order valence-corrected chi connectivity index (χ1v) is 10.7. The Labute approximate surface area is 178 Å². The highest BCUT2D eigenvalue weighted by Gasteiger charge is 2.33. The Morgan fingerprint density at radius 2 is 1.93 bits per heavy atom. The van der Waals surface area contributed by atoms with Gasteiger partial charge in [-0.15, -0.1) is 0 Å². The summed E-state index contributed by atoms with van der Waals surface area (Å²) < 4.78 is 15.9. The maximum Gasteiger partial charge on any atom is 0.225 e. The van der Waals surface area contributed by atoms with Crippen molar-refractivity contribution in [3.05, 3.63) is 23.8 Å². The maximum atomic E-state index is 12.5. The Balaban J connectivity index is 1.39. The summed E-state index contributed by atoms with van der Waals surface area (Å²) in [5.74, 6) is 1.13. The zero-order chi connectivity index (χ0) is 21.3. The Kier molecular flexibility index (Phi) is 8.33. The van der Waals surface area contributed by atoms with E-state index in [1.54, 1.807) is 19.1 Å². The number of likely N-dealkylation sites (tertiary alicyclic amines) is 1. The van der Waals surface area contributed by atoms with Crippen molar-refractivity contribution in [1.29, 1.82) is 0 Å². The third-order valence-electron chi connectivity index (χ3n) is 5.76. The third kappa shape index (κ3) is 6.09. The van der Waals surface area contributed by atoms with E-state index in [-0.39, 0.29) is 17.7 Å². The zero-order valence-corrected chi connectivity index (χ0v) is 18.0. The third-order valence-corrected chi connectivity index (χ3v) is 5.76. The van der Waals surface area contributed by atoms with Gasteiger partial charge in [0.15, 0.2) is 11.5 Å². The van der Waals surface area contributed by atoms with Crippen LogP contribution in [0.3, 0.4) is 0 Å². The van der Waals surface area contributed by atoms with E-state index in [9.17, 15) is 9.59 Å². The summed E-state index contributed by atoms with van der Waals surface area (Å²) in [6.45, 7) is 6.18. The quantitative estimate of drug-likeness (QED) is 0.569. The molecule has 0 spiro atoms. The van der Waals surface area contributed by atoms with Crippen molar-refractivity contribution in [2.45, 2.75) is 19.3 Å². The number of carbonyl (C=O) groups excluding carboxylic acids is 2. The van der Waals surface area contributed by atoms with Crippen LogP contribution in [0, 0.1) is 5.92 Å². The second-order valence-electron chi connectivity index (χ2n) is 7.78. The molecule has 1 N–H and O–H groups in total. The van der Waals surface area contributed by atoms with E-state index in [4.69, 9.17) is 14.2 Å². The fourth-order valence-electron chi connectivity index (χ4n) is 3.95. The average molecular weight is 420 g/mol. The molecule has 0 radical (unpaired) electrons. The fourth-order valence-corrected chi connectivity index (χ4v) is 3.95. The van der Waals surface area contributed by atoms with Crippen LogP contribution in [0.5, 0.6) is 11.5 Å². The SMILES string of the molecule is COc1ccc(CCN2C[C@@H](C(=O)NCCCN3CCOCC3)CC2=O)cc1OC. The number of nitrogens with zero attached hydrogens (tertiary/aromatic N) is 2. The van der Waals surface area contributed by atoms with E-state index in [0.29, 0.717) is 44.0 Å². The molecular weight excluding hydrogens is 386 g/mol. The van der Waals surface area contributed by atoms with Crippen LogP contribution >= 0.6 is 0 Å². The number of hydrogen-bond donors (Lipinski definition) is 1. The standard InChI is InChI=1S/C22H33N3O5/c1-28-19-5-4-17(14-20(19)29-2)6-9-25-16-18(15-21(25)26)22(27)23-7-3-8-24-10-12-30-13-11-24/h4-5,14,18H,3,6-13,15-16H2,1-2H3,(H,23,27)/t18-/m0/s1. The molecule has 3 rings (SSSR count). The normalized spacial score (nSPS) is 19.7. The lowest BCUT2D eigenvalue weighted by Gasteiger charge is -2.26. The summed E-state index contributed by atoms with van der Waals surface area (Å²) in [6.07, 6.45) is 1.91. The number of nitrogens with one attached hydrogen (secondary N) is 1. The van der Waals surface area contributed by atoms with Crippen LogP contribution < -0.4 is 14.8 Å². The van der Waals surface area contributed by atoms with Gasteiger partial charge < -0.3 is 24.4 Å². The van der Waals surface area contributed by atoms with Crippen molar-refractivity contribution in [2.24, 2.45) is 5.92 Å². The van der Waals surface area contributed by atoms with E-state index in [1.807, 2.05) is 18.2 Å². The van der Waals surface area contributed by atoms with Gasteiger partial charge in [-0.2, -0.15) is 0 Å². The van der Waals surface area contributed by atoms with Crippen LogP contribution in [0.1, 0.15) is 18.4 Å². The zero-order valence-electron chi connectivity index (χ0n) is 18.0. The number of rotatable bonds is 10. The molecule has 8 heteroatoms. The molecule has 1 atom stereocenters. The molecule has 0 saturated carbocycles. The average Bonchev–Trinajstić information content (AvgIpc) is 3.16. The number of ether oxygens (including phenoxy) is 3. The molecule has 30 heavy (non-hydrogen) atoms. The monoisotopic (exact) mass is 419 g/mol. The molecule has 1 aromatic carbocycles. The Morgan fingerprint density at radius 1 is 1.17 bits per heavy atom. The smallest absolute Gasteiger partial charge is 0.225 e. The highest BCUT2D eigenvalue weighted by atomic mass is 16.5. The summed E-state index contributed by atoms with van der Waals surface area (Å²) in [4.78, 5) is 29.0. The van der Waals surface area contributed by atoms with Crippen molar-refractivity contribution in [3.8, 4) is 11.5 Å². The number of hydrogen-bond acceptors (Lipinski definition) is 6. The van der Waals surface area contributed by atoms with Crippen LogP contribution in [0.15, 0.2) is 18.2 Å². The molecular formula is C22H33N3O5. The van der Waals surface area contributed by atoms with Gasteiger partial charge in [0.05, 0.1) is 33.4 Å². The minimum atomic E-state index is -0.258. The predicted molar refractivity (Wildman–Crippen MR) is 113 cm³/mol. The molecule has 8 nitrogen and oxygen atoms in total. The van der Waals surface area contributed by atoms with E-state index >= 15 is 0 Å². The second-order valence-corrected chi connectivity index (χ2v) is 7.78. The van der Waals surface area contributed by atoms with Gasteiger partial charge in [0.1, 0.15) is 0 Å². The number of methoxy groups -OCH3 is 2. The number of benzene rings is 1. The molecule has 2 aliphatic heterocycles. The molecule has 1 aromatic rings. The molecule has 2 aliphatic rings.